The van der Waals surface area contributed by atoms with Crippen LogP contribution in [0.15, 0.2) is 41.2 Å². The number of alkyl halides is 1. The number of halogens is 2. The Morgan fingerprint density at radius 2 is 1.96 bits per heavy atom. The lowest BCUT2D eigenvalue weighted by molar-refractivity contribution is 0.304. The topological polar surface area (TPSA) is 31.2 Å². The van der Waals surface area contributed by atoms with Gasteiger partial charge in [-0.3, -0.25) is 9.36 Å². The van der Waals surface area contributed by atoms with E-state index in [2.05, 4.69) is 6.92 Å². The van der Waals surface area contributed by atoms with E-state index in [-0.39, 0.29) is 5.56 Å². The molecule has 23 heavy (non-hydrogen) atoms. The molecule has 1 heterocycles. The molecular weight excluding hydrogens is 333 g/mol. The van der Waals surface area contributed by atoms with Crippen molar-refractivity contribution in [1.29, 1.82) is 0 Å². The van der Waals surface area contributed by atoms with Gasteiger partial charge in [0.25, 0.3) is 5.56 Å². The second-order valence-corrected chi connectivity index (χ2v) is 6.27. The van der Waals surface area contributed by atoms with Crippen LogP contribution in [0.25, 0.3) is 0 Å². The zero-order valence-corrected chi connectivity index (χ0v) is 14.9. The van der Waals surface area contributed by atoms with Crippen LogP contribution in [-0.4, -0.2) is 11.2 Å². The molecule has 1 atom stereocenters. The summed E-state index contributed by atoms with van der Waals surface area (Å²) in [6, 6.07) is 10.6. The molecule has 2 aromatic rings. The third-order valence-corrected chi connectivity index (χ3v) is 4.41. The van der Waals surface area contributed by atoms with Crippen LogP contribution in [-0.2, 0) is 0 Å². The van der Waals surface area contributed by atoms with Gasteiger partial charge in [-0.2, -0.15) is 0 Å². The highest BCUT2D eigenvalue weighted by Gasteiger charge is 2.17. The van der Waals surface area contributed by atoms with Gasteiger partial charge in [-0.15, -0.1) is 0 Å². The lowest BCUT2D eigenvalue weighted by Gasteiger charge is -2.18. The molecule has 0 saturated heterocycles. The summed E-state index contributed by atoms with van der Waals surface area (Å²) in [6.45, 7) is 4.60. The van der Waals surface area contributed by atoms with Crippen LogP contribution in [0.4, 0.5) is 0 Å². The number of hydrogen-bond donors (Lipinski definition) is 0. The van der Waals surface area contributed by atoms with Crippen molar-refractivity contribution in [2.45, 2.75) is 38.6 Å². The molecule has 0 aliphatic carbocycles. The summed E-state index contributed by atoms with van der Waals surface area (Å²) in [5.74, 6) is 0.586. The standard InChI is InChI=1S/C18H21Cl2NO2/c1-3-4-7-10-23-14-11-13(2)21(17(22)12-14)18(20)15-8-5-6-9-16(15)19/h5-6,8-9,11-12,18H,3-4,7,10H2,1-2H3. The van der Waals surface area contributed by atoms with Crippen LogP contribution in [0, 0.1) is 6.92 Å². The monoisotopic (exact) mass is 353 g/mol. The fourth-order valence-electron chi connectivity index (χ4n) is 2.41. The summed E-state index contributed by atoms with van der Waals surface area (Å²) in [4.78, 5) is 12.4. The molecule has 2 rings (SSSR count). The Bertz CT molecular complexity index is 712. The molecule has 1 aromatic carbocycles. The van der Waals surface area contributed by atoms with E-state index in [1.807, 2.05) is 31.2 Å². The van der Waals surface area contributed by atoms with E-state index in [9.17, 15) is 4.79 Å². The smallest absolute Gasteiger partial charge is 0.255 e. The fourth-order valence-corrected chi connectivity index (χ4v) is 3.14. The number of hydrogen-bond acceptors (Lipinski definition) is 2. The van der Waals surface area contributed by atoms with Crippen molar-refractivity contribution in [2.75, 3.05) is 6.61 Å². The minimum Gasteiger partial charge on any atom is -0.493 e. The van der Waals surface area contributed by atoms with Crippen molar-refractivity contribution in [3.63, 3.8) is 0 Å². The third kappa shape index (κ3) is 4.52. The van der Waals surface area contributed by atoms with Gasteiger partial charge in [-0.1, -0.05) is 61.2 Å². The van der Waals surface area contributed by atoms with E-state index in [1.54, 1.807) is 6.07 Å². The van der Waals surface area contributed by atoms with Gasteiger partial charge in [0.15, 0.2) is 0 Å². The van der Waals surface area contributed by atoms with Crippen LogP contribution < -0.4 is 10.3 Å². The van der Waals surface area contributed by atoms with Crippen LogP contribution in [0.1, 0.15) is 42.9 Å². The van der Waals surface area contributed by atoms with E-state index in [0.717, 1.165) is 25.0 Å². The van der Waals surface area contributed by atoms with Crippen molar-refractivity contribution in [3.05, 3.63) is 63.0 Å². The maximum atomic E-state index is 12.4. The first-order chi connectivity index (χ1) is 11.0. The average Bonchev–Trinajstić information content (AvgIpc) is 2.51. The summed E-state index contributed by atoms with van der Waals surface area (Å²) in [7, 11) is 0. The molecule has 0 aliphatic rings. The molecule has 0 fully saturated rings. The molecule has 0 bridgehead atoms. The molecule has 0 spiro atoms. The van der Waals surface area contributed by atoms with E-state index in [1.165, 1.54) is 10.6 Å². The first-order valence-corrected chi connectivity index (χ1v) is 8.60. The molecule has 1 aromatic heterocycles. The molecule has 3 nitrogen and oxygen atoms in total. The summed E-state index contributed by atoms with van der Waals surface area (Å²) >= 11 is 12.7. The summed E-state index contributed by atoms with van der Waals surface area (Å²) in [5, 5.41) is 0.540. The highest BCUT2D eigenvalue weighted by molar-refractivity contribution is 6.32. The van der Waals surface area contributed by atoms with Gasteiger partial charge in [0.2, 0.25) is 0 Å². The molecule has 0 amide bonds. The number of aromatic nitrogens is 1. The number of nitrogens with zero attached hydrogens (tertiary/aromatic N) is 1. The van der Waals surface area contributed by atoms with Crippen molar-refractivity contribution in [2.24, 2.45) is 0 Å². The van der Waals surface area contributed by atoms with E-state index >= 15 is 0 Å². The number of rotatable bonds is 7. The van der Waals surface area contributed by atoms with E-state index in [4.69, 9.17) is 27.9 Å². The fraction of sp³-hybridized carbons (Fsp3) is 0.389. The minimum absolute atomic E-state index is 0.199. The van der Waals surface area contributed by atoms with Gasteiger partial charge in [-0.25, -0.2) is 0 Å². The molecule has 1 unspecified atom stereocenters. The average molecular weight is 354 g/mol. The maximum Gasteiger partial charge on any atom is 0.255 e. The highest BCUT2D eigenvalue weighted by Crippen LogP contribution is 2.29. The molecule has 5 heteroatoms. The number of benzene rings is 1. The molecule has 0 aliphatic heterocycles. The second-order valence-electron chi connectivity index (χ2n) is 5.45. The first-order valence-electron chi connectivity index (χ1n) is 7.79. The number of pyridine rings is 1. The Morgan fingerprint density at radius 3 is 2.61 bits per heavy atom. The van der Waals surface area contributed by atoms with Crippen molar-refractivity contribution in [3.8, 4) is 5.75 Å². The number of aryl methyl sites for hydroxylation is 1. The van der Waals surface area contributed by atoms with Gasteiger partial charge in [0.05, 0.1) is 6.61 Å². The van der Waals surface area contributed by atoms with Gasteiger partial charge in [0.1, 0.15) is 11.3 Å². The molecule has 0 saturated carbocycles. The molecular formula is C18H21Cl2NO2. The van der Waals surface area contributed by atoms with Gasteiger partial charge in [0, 0.05) is 22.3 Å². The van der Waals surface area contributed by atoms with Crippen molar-refractivity contribution in [1.82, 2.24) is 4.57 Å². The lowest BCUT2D eigenvalue weighted by Crippen LogP contribution is -2.24. The summed E-state index contributed by atoms with van der Waals surface area (Å²) < 4.78 is 7.17. The predicted octanol–water partition coefficient (Wildman–Crippen LogP) is 5.16. The zero-order valence-electron chi connectivity index (χ0n) is 13.4. The largest absolute Gasteiger partial charge is 0.493 e. The van der Waals surface area contributed by atoms with E-state index < -0.39 is 5.50 Å². The first kappa shape index (κ1) is 17.9. The third-order valence-electron chi connectivity index (χ3n) is 3.64. The van der Waals surface area contributed by atoms with Crippen LogP contribution >= 0.6 is 23.2 Å². The second kappa shape index (κ2) is 8.42. The molecule has 0 N–H and O–H groups in total. The predicted molar refractivity (Wildman–Crippen MR) is 95.9 cm³/mol. The van der Waals surface area contributed by atoms with Gasteiger partial charge >= 0.3 is 0 Å². The van der Waals surface area contributed by atoms with Crippen LogP contribution in [0.3, 0.4) is 0 Å². The summed E-state index contributed by atoms with van der Waals surface area (Å²) in [6.07, 6.45) is 3.23. The zero-order chi connectivity index (χ0) is 16.8. The number of unbranched alkanes of at least 4 members (excludes halogenated alkanes) is 2. The van der Waals surface area contributed by atoms with Crippen molar-refractivity contribution < 1.29 is 4.74 Å². The Balaban J connectivity index is 2.24. The molecule has 124 valence electrons. The Kier molecular flexibility index (Phi) is 6.55. The van der Waals surface area contributed by atoms with Gasteiger partial charge < -0.3 is 4.74 Å². The minimum atomic E-state index is -0.648. The Hall–Kier alpha value is -1.45. The lowest BCUT2D eigenvalue weighted by atomic mass is 10.2. The number of ether oxygens (including phenoxy) is 1. The van der Waals surface area contributed by atoms with Crippen molar-refractivity contribution >= 4 is 23.2 Å². The summed E-state index contributed by atoms with van der Waals surface area (Å²) in [5.41, 5.74) is 0.598. The Labute approximate surface area is 146 Å². The molecule has 0 radical (unpaired) electrons. The maximum absolute atomic E-state index is 12.4. The quantitative estimate of drug-likeness (QED) is 0.508. The van der Waals surface area contributed by atoms with Crippen LogP contribution in [0.5, 0.6) is 5.75 Å². The van der Waals surface area contributed by atoms with Crippen LogP contribution in [0.2, 0.25) is 5.02 Å². The highest BCUT2D eigenvalue weighted by atomic mass is 35.5. The van der Waals surface area contributed by atoms with E-state index in [0.29, 0.717) is 22.9 Å². The SMILES string of the molecule is CCCCCOc1cc(C)n(C(Cl)c2ccccc2Cl)c(=O)c1. The van der Waals surface area contributed by atoms with Gasteiger partial charge in [-0.05, 0) is 25.5 Å². The normalized spacial score (nSPS) is 12.2. The Morgan fingerprint density at radius 1 is 1.22 bits per heavy atom.